The molecule has 2 rings (SSSR count). The van der Waals surface area contributed by atoms with Gasteiger partial charge in [-0.2, -0.15) is 13.2 Å². The molecule has 1 aromatic carbocycles. The molecule has 1 heterocycles. The van der Waals surface area contributed by atoms with Crippen LogP contribution in [0.2, 0.25) is 0 Å². The molecule has 4 nitrogen and oxygen atoms in total. The van der Waals surface area contributed by atoms with Gasteiger partial charge in [0.25, 0.3) is 5.91 Å². The van der Waals surface area contributed by atoms with Crippen LogP contribution in [0.15, 0.2) is 18.2 Å². The largest absolute Gasteiger partial charge is 0.454 e. The van der Waals surface area contributed by atoms with Crippen molar-refractivity contribution < 1.29 is 27.4 Å². The van der Waals surface area contributed by atoms with E-state index in [2.05, 4.69) is 0 Å². The SMILES string of the molecule is O=C(NCC(F)(F)F)c1ccc2c(c1)OCO2. The molecule has 0 fully saturated rings. The van der Waals surface area contributed by atoms with Gasteiger partial charge in [0.05, 0.1) is 0 Å². The van der Waals surface area contributed by atoms with E-state index in [-0.39, 0.29) is 12.4 Å². The topological polar surface area (TPSA) is 47.6 Å². The molecule has 0 atom stereocenters. The Kier molecular flexibility index (Phi) is 2.83. The summed E-state index contributed by atoms with van der Waals surface area (Å²) >= 11 is 0. The summed E-state index contributed by atoms with van der Waals surface area (Å²) in [7, 11) is 0. The van der Waals surface area contributed by atoms with Crippen molar-refractivity contribution in [3.05, 3.63) is 23.8 Å². The highest BCUT2D eigenvalue weighted by Gasteiger charge is 2.28. The van der Waals surface area contributed by atoms with Gasteiger partial charge in [0.1, 0.15) is 6.54 Å². The van der Waals surface area contributed by atoms with Crippen molar-refractivity contribution >= 4 is 5.91 Å². The van der Waals surface area contributed by atoms with Crippen molar-refractivity contribution in [3.63, 3.8) is 0 Å². The molecular weight excluding hydrogens is 239 g/mol. The van der Waals surface area contributed by atoms with Crippen molar-refractivity contribution in [3.8, 4) is 11.5 Å². The molecule has 1 aliphatic rings. The van der Waals surface area contributed by atoms with Crippen LogP contribution in [0.1, 0.15) is 10.4 Å². The van der Waals surface area contributed by atoms with Gasteiger partial charge in [-0.15, -0.1) is 0 Å². The van der Waals surface area contributed by atoms with Crippen LogP contribution in [0.5, 0.6) is 11.5 Å². The average molecular weight is 247 g/mol. The van der Waals surface area contributed by atoms with Crippen LogP contribution in [0.4, 0.5) is 13.2 Å². The summed E-state index contributed by atoms with van der Waals surface area (Å²) in [4.78, 5) is 11.4. The summed E-state index contributed by atoms with van der Waals surface area (Å²) in [5.41, 5.74) is 0.0958. The summed E-state index contributed by atoms with van der Waals surface area (Å²) in [5.74, 6) is 0.0163. The number of ether oxygens (including phenoxy) is 2. The minimum atomic E-state index is -4.42. The maximum atomic E-state index is 11.9. The molecule has 1 amide bonds. The van der Waals surface area contributed by atoms with Gasteiger partial charge in [0.15, 0.2) is 11.5 Å². The lowest BCUT2D eigenvalue weighted by Crippen LogP contribution is -2.33. The van der Waals surface area contributed by atoms with Crippen LogP contribution < -0.4 is 14.8 Å². The number of alkyl halides is 3. The minimum absolute atomic E-state index is 0.0446. The third-order valence-corrected chi connectivity index (χ3v) is 2.08. The van der Waals surface area contributed by atoms with Crippen molar-refractivity contribution in [2.24, 2.45) is 0 Å². The molecular formula is C10H8F3NO3. The first-order valence-corrected chi connectivity index (χ1v) is 4.70. The molecule has 0 unspecified atom stereocenters. The van der Waals surface area contributed by atoms with E-state index in [1.165, 1.54) is 18.2 Å². The van der Waals surface area contributed by atoms with Gasteiger partial charge in [-0.25, -0.2) is 0 Å². The predicted octanol–water partition coefficient (Wildman–Crippen LogP) is 1.71. The third kappa shape index (κ3) is 2.80. The van der Waals surface area contributed by atoms with E-state index < -0.39 is 18.6 Å². The first-order valence-electron chi connectivity index (χ1n) is 4.70. The highest BCUT2D eigenvalue weighted by Crippen LogP contribution is 2.32. The molecule has 0 bridgehead atoms. The molecule has 1 N–H and O–H groups in total. The Hall–Kier alpha value is -1.92. The summed E-state index contributed by atoms with van der Waals surface area (Å²) in [5, 5.41) is 1.77. The van der Waals surface area contributed by atoms with Crippen LogP contribution in [-0.2, 0) is 0 Å². The fourth-order valence-electron chi connectivity index (χ4n) is 1.32. The number of halogens is 3. The first kappa shape index (κ1) is 11.6. The summed E-state index contributed by atoms with van der Waals surface area (Å²) in [6.07, 6.45) is -4.42. The number of carbonyl (C=O) groups excluding carboxylic acids is 1. The van der Waals surface area contributed by atoms with E-state index >= 15 is 0 Å². The number of benzene rings is 1. The van der Waals surface area contributed by atoms with Crippen LogP contribution in [-0.4, -0.2) is 25.4 Å². The number of fused-ring (bicyclic) bond motifs is 1. The fourth-order valence-corrected chi connectivity index (χ4v) is 1.32. The second-order valence-electron chi connectivity index (χ2n) is 3.37. The van der Waals surface area contributed by atoms with E-state index in [1.807, 2.05) is 0 Å². The summed E-state index contributed by atoms with van der Waals surface area (Å²) in [6.45, 7) is -1.32. The van der Waals surface area contributed by atoms with Crippen LogP contribution in [0.3, 0.4) is 0 Å². The zero-order valence-electron chi connectivity index (χ0n) is 8.50. The van der Waals surface area contributed by atoms with E-state index in [1.54, 1.807) is 5.32 Å². The highest BCUT2D eigenvalue weighted by molar-refractivity contribution is 5.94. The molecule has 1 aliphatic heterocycles. The molecule has 1 aromatic rings. The maximum Gasteiger partial charge on any atom is 0.405 e. The van der Waals surface area contributed by atoms with Crippen LogP contribution in [0, 0.1) is 0 Å². The molecule has 0 spiro atoms. The lowest BCUT2D eigenvalue weighted by molar-refractivity contribution is -0.123. The second kappa shape index (κ2) is 4.15. The fraction of sp³-hybridized carbons (Fsp3) is 0.300. The quantitative estimate of drug-likeness (QED) is 0.865. The van der Waals surface area contributed by atoms with Gasteiger partial charge < -0.3 is 14.8 Å². The third-order valence-electron chi connectivity index (χ3n) is 2.08. The molecule has 92 valence electrons. The molecule has 0 radical (unpaired) electrons. The molecule has 0 saturated carbocycles. The predicted molar refractivity (Wildman–Crippen MR) is 51.0 cm³/mol. The average Bonchev–Trinajstić information content (AvgIpc) is 2.71. The van der Waals surface area contributed by atoms with E-state index in [0.717, 1.165) is 0 Å². The van der Waals surface area contributed by atoms with E-state index in [9.17, 15) is 18.0 Å². The Morgan fingerprint density at radius 1 is 1.29 bits per heavy atom. The Morgan fingerprint density at radius 2 is 2.00 bits per heavy atom. The second-order valence-corrected chi connectivity index (χ2v) is 3.37. The zero-order chi connectivity index (χ0) is 12.5. The number of nitrogens with one attached hydrogen (secondary N) is 1. The molecule has 7 heteroatoms. The molecule has 17 heavy (non-hydrogen) atoms. The highest BCUT2D eigenvalue weighted by atomic mass is 19.4. The zero-order valence-corrected chi connectivity index (χ0v) is 8.50. The van der Waals surface area contributed by atoms with E-state index in [4.69, 9.17) is 9.47 Å². The molecule has 0 saturated heterocycles. The molecule has 0 aliphatic carbocycles. The smallest absolute Gasteiger partial charge is 0.405 e. The number of rotatable bonds is 2. The van der Waals surface area contributed by atoms with Crippen molar-refractivity contribution in [1.29, 1.82) is 0 Å². The molecule has 0 aromatic heterocycles. The lowest BCUT2D eigenvalue weighted by Gasteiger charge is -2.08. The number of carbonyl (C=O) groups is 1. The first-order chi connectivity index (χ1) is 7.96. The van der Waals surface area contributed by atoms with Crippen molar-refractivity contribution in [2.45, 2.75) is 6.18 Å². The Bertz CT molecular complexity index is 445. The van der Waals surface area contributed by atoms with Gasteiger partial charge in [-0.1, -0.05) is 0 Å². The summed E-state index contributed by atoms with van der Waals surface area (Å²) < 4.78 is 45.7. The minimum Gasteiger partial charge on any atom is -0.454 e. The standard InChI is InChI=1S/C10H8F3NO3/c11-10(12,13)4-14-9(15)6-1-2-7-8(3-6)17-5-16-7/h1-3H,4-5H2,(H,14,15). The number of amides is 1. The monoisotopic (exact) mass is 247 g/mol. The Labute approximate surface area is 94.3 Å². The van der Waals surface area contributed by atoms with E-state index in [0.29, 0.717) is 11.5 Å². The van der Waals surface area contributed by atoms with Crippen LogP contribution >= 0.6 is 0 Å². The van der Waals surface area contributed by atoms with Gasteiger partial charge in [0, 0.05) is 5.56 Å². The van der Waals surface area contributed by atoms with Gasteiger partial charge in [-0.3, -0.25) is 4.79 Å². The maximum absolute atomic E-state index is 11.9. The Morgan fingerprint density at radius 3 is 2.71 bits per heavy atom. The van der Waals surface area contributed by atoms with Crippen LogP contribution in [0.25, 0.3) is 0 Å². The number of hydrogen-bond donors (Lipinski definition) is 1. The van der Waals surface area contributed by atoms with Gasteiger partial charge in [0.2, 0.25) is 6.79 Å². The Balaban J connectivity index is 2.05. The van der Waals surface area contributed by atoms with Crippen molar-refractivity contribution in [2.75, 3.05) is 13.3 Å². The van der Waals surface area contributed by atoms with Gasteiger partial charge in [-0.05, 0) is 18.2 Å². The summed E-state index contributed by atoms with van der Waals surface area (Å²) in [6, 6.07) is 4.19. The van der Waals surface area contributed by atoms with Gasteiger partial charge >= 0.3 is 6.18 Å². The van der Waals surface area contributed by atoms with Crippen molar-refractivity contribution in [1.82, 2.24) is 5.32 Å². The number of hydrogen-bond acceptors (Lipinski definition) is 3. The lowest BCUT2D eigenvalue weighted by atomic mass is 10.2. The normalized spacial score (nSPS) is 13.6.